The molecular formula is C19H17N5O2. The number of rotatable bonds is 4. The first-order chi connectivity index (χ1) is 12.7. The van der Waals surface area contributed by atoms with Crippen LogP contribution in [0.1, 0.15) is 17.4 Å². The van der Waals surface area contributed by atoms with Crippen molar-refractivity contribution in [1.29, 1.82) is 0 Å². The van der Waals surface area contributed by atoms with Crippen molar-refractivity contribution in [1.82, 2.24) is 24.4 Å². The van der Waals surface area contributed by atoms with E-state index in [1.54, 1.807) is 18.5 Å². The highest BCUT2D eigenvalue weighted by molar-refractivity contribution is 5.91. The van der Waals surface area contributed by atoms with Gasteiger partial charge in [0.25, 0.3) is 0 Å². The largest absolute Gasteiger partial charge is 0.464 e. The molecule has 3 aromatic heterocycles. The standard InChI is InChI=1S/C19H17N5O2/c1-3-23-16(9-10-20-23)15-11-17(19(25)26-2)24-18(22-15)14(12-21-24)13-7-5-4-6-8-13/h4-12H,3H2,1-2H3. The Kier molecular flexibility index (Phi) is 3.96. The second-order valence-corrected chi connectivity index (χ2v) is 5.71. The molecule has 0 atom stereocenters. The maximum absolute atomic E-state index is 12.3. The minimum atomic E-state index is -0.469. The molecule has 4 aromatic rings. The summed E-state index contributed by atoms with van der Waals surface area (Å²) in [5, 5.41) is 8.65. The quantitative estimate of drug-likeness (QED) is 0.530. The van der Waals surface area contributed by atoms with E-state index in [0.29, 0.717) is 23.6 Å². The van der Waals surface area contributed by atoms with Gasteiger partial charge in [0.1, 0.15) is 0 Å². The first-order valence-corrected chi connectivity index (χ1v) is 8.27. The lowest BCUT2D eigenvalue weighted by Gasteiger charge is -2.09. The molecule has 130 valence electrons. The maximum Gasteiger partial charge on any atom is 0.356 e. The number of nitrogens with zero attached hydrogens (tertiary/aromatic N) is 5. The van der Waals surface area contributed by atoms with Gasteiger partial charge in [-0.3, -0.25) is 4.68 Å². The number of ether oxygens (including phenoxy) is 1. The third-order valence-corrected chi connectivity index (χ3v) is 4.23. The van der Waals surface area contributed by atoms with Gasteiger partial charge in [-0.2, -0.15) is 10.2 Å². The van der Waals surface area contributed by atoms with Crippen molar-refractivity contribution in [2.75, 3.05) is 7.11 Å². The van der Waals surface area contributed by atoms with E-state index < -0.39 is 5.97 Å². The second-order valence-electron chi connectivity index (χ2n) is 5.71. The van der Waals surface area contributed by atoms with Crippen LogP contribution in [0.15, 0.2) is 54.9 Å². The molecule has 0 spiro atoms. The number of hydrogen-bond acceptors (Lipinski definition) is 5. The maximum atomic E-state index is 12.3. The van der Waals surface area contributed by atoms with Gasteiger partial charge in [0.15, 0.2) is 11.3 Å². The van der Waals surface area contributed by atoms with Gasteiger partial charge >= 0.3 is 5.97 Å². The monoisotopic (exact) mass is 347 g/mol. The van der Waals surface area contributed by atoms with E-state index in [1.807, 2.05) is 48.0 Å². The summed E-state index contributed by atoms with van der Waals surface area (Å²) < 4.78 is 8.29. The molecule has 0 saturated carbocycles. The van der Waals surface area contributed by atoms with Crippen molar-refractivity contribution in [3.05, 3.63) is 60.6 Å². The van der Waals surface area contributed by atoms with E-state index in [-0.39, 0.29) is 0 Å². The molecule has 1 aromatic carbocycles. The number of aryl methyl sites for hydroxylation is 1. The molecule has 3 heterocycles. The first-order valence-electron chi connectivity index (χ1n) is 8.27. The summed E-state index contributed by atoms with van der Waals surface area (Å²) in [5.74, 6) is -0.469. The predicted molar refractivity (Wildman–Crippen MR) is 96.7 cm³/mol. The van der Waals surface area contributed by atoms with Gasteiger partial charge in [0.2, 0.25) is 0 Å². The fraction of sp³-hybridized carbons (Fsp3) is 0.158. The molecule has 0 saturated heterocycles. The van der Waals surface area contributed by atoms with Crippen LogP contribution in [0.5, 0.6) is 0 Å². The lowest BCUT2D eigenvalue weighted by atomic mass is 10.1. The Morgan fingerprint density at radius 2 is 1.96 bits per heavy atom. The molecule has 0 unspecified atom stereocenters. The van der Waals surface area contributed by atoms with E-state index in [4.69, 9.17) is 9.72 Å². The molecule has 0 N–H and O–H groups in total. The van der Waals surface area contributed by atoms with Gasteiger partial charge in [-0.1, -0.05) is 30.3 Å². The zero-order valence-electron chi connectivity index (χ0n) is 14.5. The molecule has 0 aliphatic carbocycles. The van der Waals surface area contributed by atoms with Crippen molar-refractivity contribution >= 4 is 11.6 Å². The van der Waals surface area contributed by atoms with Crippen molar-refractivity contribution in [2.45, 2.75) is 13.5 Å². The van der Waals surface area contributed by atoms with Crippen LogP contribution in [0.25, 0.3) is 28.2 Å². The summed E-state index contributed by atoms with van der Waals surface area (Å²) in [7, 11) is 1.35. The Labute approximate surface area is 149 Å². The average Bonchev–Trinajstić information content (AvgIpc) is 3.33. The Hall–Kier alpha value is -3.48. The lowest BCUT2D eigenvalue weighted by molar-refractivity contribution is 0.0590. The zero-order chi connectivity index (χ0) is 18.1. The number of esters is 1. The van der Waals surface area contributed by atoms with Crippen molar-refractivity contribution in [2.24, 2.45) is 0 Å². The van der Waals surface area contributed by atoms with Gasteiger partial charge in [-0.25, -0.2) is 14.3 Å². The highest BCUT2D eigenvalue weighted by atomic mass is 16.5. The fourth-order valence-corrected chi connectivity index (χ4v) is 2.97. The van der Waals surface area contributed by atoms with Gasteiger partial charge < -0.3 is 4.74 Å². The van der Waals surface area contributed by atoms with Crippen LogP contribution < -0.4 is 0 Å². The molecule has 7 heteroatoms. The third kappa shape index (κ3) is 2.54. The molecular weight excluding hydrogens is 330 g/mol. The minimum absolute atomic E-state index is 0.318. The highest BCUT2D eigenvalue weighted by Gasteiger charge is 2.19. The molecule has 26 heavy (non-hydrogen) atoms. The van der Waals surface area contributed by atoms with E-state index in [2.05, 4.69) is 10.2 Å². The summed E-state index contributed by atoms with van der Waals surface area (Å²) >= 11 is 0. The summed E-state index contributed by atoms with van der Waals surface area (Å²) in [4.78, 5) is 17.1. The number of benzene rings is 1. The van der Waals surface area contributed by atoms with E-state index >= 15 is 0 Å². The number of carbonyl (C=O) groups excluding carboxylic acids is 1. The van der Waals surface area contributed by atoms with Gasteiger partial charge in [0, 0.05) is 18.3 Å². The van der Waals surface area contributed by atoms with Crippen LogP contribution in [-0.4, -0.2) is 37.5 Å². The lowest BCUT2D eigenvalue weighted by Crippen LogP contribution is -2.11. The van der Waals surface area contributed by atoms with Crippen LogP contribution >= 0.6 is 0 Å². The molecule has 0 fully saturated rings. The number of hydrogen-bond donors (Lipinski definition) is 0. The molecule has 0 aliphatic heterocycles. The Morgan fingerprint density at radius 1 is 1.15 bits per heavy atom. The molecule has 7 nitrogen and oxygen atoms in total. The smallest absolute Gasteiger partial charge is 0.356 e. The van der Waals surface area contributed by atoms with Crippen LogP contribution in [0.4, 0.5) is 0 Å². The Bertz CT molecular complexity index is 1080. The number of methoxy groups -OCH3 is 1. The fourth-order valence-electron chi connectivity index (χ4n) is 2.97. The van der Waals surface area contributed by atoms with Gasteiger partial charge in [-0.15, -0.1) is 0 Å². The summed E-state index contributed by atoms with van der Waals surface area (Å²) in [6.07, 6.45) is 3.43. The Balaban J connectivity index is 2.01. The predicted octanol–water partition coefficient (Wildman–Crippen LogP) is 3.07. The van der Waals surface area contributed by atoms with Crippen LogP contribution in [-0.2, 0) is 11.3 Å². The summed E-state index contributed by atoms with van der Waals surface area (Å²) in [5.41, 5.74) is 4.22. The van der Waals surface area contributed by atoms with Crippen LogP contribution in [0.2, 0.25) is 0 Å². The molecule has 0 amide bonds. The van der Waals surface area contributed by atoms with Crippen LogP contribution in [0, 0.1) is 0 Å². The topological polar surface area (TPSA) is 74.3 Å². The normalized spacial score (nSPS) is 11.0. The van der Waals surface area contributed by atoms with E-state index in [1.165, 1.54) is 11.6 Å². The number of carbonyl (C=O) groups is 1. The van der Waals surface area contributed by atoms with Crippen molar-refractivity contribution in [3.8, 4) is 22.5 Å². The zero-order valence-corrected chi connectivity index (χ0v) is 14.5. The first kappa shape index (κ1) is 16.0. The SMILES string of the molecule is CCn1nccc1-c1cc(C(=O)OC)n2ncc(-c3ccccc3)c2n1. The summed E-state index contributed by atoms with van der Waals surface area (Å²) in [6, 6.07) is 13.4. The van der Waals surface area contributed by atoms with Gasteiger partial charge in [0.05, 0.1) is 24.7 Å². The van der Waals surface area contributed by atoms with Gasteiger partial charge in [-0.05, 0) is 24.6 Å². The van der Waals surface area contributed by atoms with E-state index in [0.717, 1.165) is 16.8 Å². The number of fused-ring (bicyclic) bond motifs is 1. The highest BCUT2D eigenvalue weighted by Crippen LogP contribution is 2.27. The molecule has 0 radical (unpaired) electrons. The van der Waals surface area contributed by atoms with Crippen LogP contribution in [0.3, 0.4) is 0 Å². The molecule has 0 bridgehead atoms. The second kappa shape index (κ2) is 6.44. The molecule has 0 aliphatic rings. The van der Waals surface area contributed by atoms with Crippen molar-refractivity contribution < 1.29 is 9.53 Å². The van der Waals surface area contributed by atoms with Crippen molar-refractivity contribution in [3.63, 3.8) is 0 Å². The number of aromatic nitrogens is 5. The Morgan fingerprint density at radius 3 is 2.69 bits per heavy atom. The summed E-state index contributed by atoms with van der Waals surface area (Å²) in [6.45, 7) is 2.71. The minimum Gasteiger partial charge on any atom is -0.464 e. The third-order valence-electron chi connectivity index (χ3n) is 4.23. The average molecular weight is 347 g/mol. The molecule has 4 rings (SSSR count). The van der Waals surface area contributed by atoms with E-state index in [9.17, 15) is 4.79 Å².